The van der Waals surface area contributed by atoms with Gasteiger partial charge in [0.25, 0.3) is 12.3 Å². The second-order valence-corrected chi connectivity index (χ2v) is 6.46. The average molecular weight is 364 g/mol. The number of carbonyl (C=O) groups excluding carboxylic acids is 1. The molecule has 2 aromatic rings. The summed E-state index contributed by atoms with van der Waals surface area (Å²) >= 11 is 0. The molecule has 0 saturated carbocycles. The molecule has 1 aromatic heterocycles. The number of halogens is 2. The highest BCUT2D eigenvalue weighted by Crippen LogP contribution is 2.26. The molecule has 0 bridgehead atoms. The third-order valence-corrected chi connectivity index (χ3v) is 4.41. The van der Waals surface area contributed by atoms with Gasteiger partial charge in [0, 0.05) is 32.9 Å². The predicted octanol–water partition coefficient (Wildman–Crippen LogP) is 1.75. The summed E-state index contributed by atoms with van der Waals surface area (Å²) in [5.41, 5.74) is 1.13. The van der Waals surface area contributed by atoms with Gasteiger partial charge in [0.1, 0.15) is 5.69 Å². The van der Waals surface area contributed by atoms with Gasteiger partial charge < -0.3 is 15.5 Å². The van der Waals surface area contributed by atoms with Crippen LogP contribution in [0, 0.1) is 0 Å². The number of hydrogen-bond acceptors (Lipinski definition) is 5. The number of nitrogens with zero attached hydrogens (tertiary/aromatic N) is 4. The first kappa shape index (κ1) is 18.2. The molecular formula is C17H22F2N6O. The quantitative estimate of drug-likeness (QED) is 0.817. The van der Waals surface area contributed by atoms with E-state index in [4.69, 9.17) is 0 Å². The Morgan fingerprint density at radius 3 is 2.92 bits per heavy atom. The minimum Gasteiger partial charge on any atom is -0.378 e. The van der Waals surface area contributed by atoms with Crippen LogP contribution in [0.25, 0.3) is 0 Å². The third kappa shape index (κ3) is 3.82. The largest absolute Gasteiger partial charge is 0.378 e. The van der Waals surface area contributed by atoms with Crippen LogP contribution in [0.15, 0.2) is 24.3 Å². The molecule has 1 fully saturated rings. The van der Waals surface area contributed by atoms with E-state index in [0.29, 0.717) is 13.0 Å². The Bertz CT molecular complexity index is 770. The van der Waals surface area contributed by atoms with Crippen LogP contribution in [-0.2, 0) is 6.54 Å². The monoisotopic (exact) mass is 364 g/mol. The van der Waals surface area contributed by atoms with E-state index in [0.717, 1.165) is 17.8 Å². The normalized spacial score (nSPS) is 16.9. The molecule has 1 aromatic carbocycles. The van der Waals surface area contributed by atoms with E-state index >= 15 is 0 Å². The SMILES string of the molecule is CN(C)c1cccc(CNC(=O)c2nnn(C3CCNC3)c2C(F)F)c1. The lowest BCUT2D eigenvalue weighted by atomic mass is 10.2. The van der Waals surface area contributed by atoms with Gasteiger partial charge in [0.05, 0.1) is 6.04 Å². The van der Waals surface area contributed by atoms with E-state index < -0.39 is 18.0 Å². The number of benzene rings is 1. The van der Waals surface area contributed by atoms with Crippen LogP contribution in [0.4, 0.5) is 14.5 Å². The van der Waals surface area contributed by atoms with Gasteiger partial charge in [-0.05, 0) is 30.7 Å². The fourth-order valence-corrected chi connectivity index (χ4v) is 2.99. The molecule has 26 heavy (non-hydrogen) atoms. The summed E-state index contributed by atoms with van der Waals surface area (Å²) in [5.74, 6) is -0.646. The molecular weight excluding hydrogens is 342 g/mol. The van der Waals surface area contributed by atoms with Crippen molar-refractivity contribution in [2.75, 3.05) is 32.1 Å². The number of nitrogens with one attached hydrogen (secondary N) is 2. The standard InChI is InChI=1S/C17H22F2N6O/c1-24(2)12-5-3-4-11(8-12)9-21-17(26)14-15(16(18)19)25(23-22-14)13-6-7-20-10-13/h3-5,8,13,16,20H,6-7,9-10H2,1-2H3,(H,21,26). The van der Waals surface area contributed by atoms with Crippen LogP contribution in [0.1, 0.15) is 40.6 Å². The summed E-state index contributed by atoms with van der Waals surface area (Å²) < 4.78 is 28.3. The lowest BCUT2D eigenvalue weighted by molar-refractivity contribution is 0.0927. The summed E-state index contributed by atoms with van der Waals surface area (Å²) in [4.78, 5) is 14.3. The minimum absolute atomic E-state index is 0.204. The summed E-state index contributed by atoms with van der Waals surface area (Å²) in [7, 11) is 3.84. The lowest BCUT2D eigenvalue weighted by Crippen LogP contribution is -2.25. The zero-order valence-electron chi connectivity index (χ0n) is 14.7. The van der Waals surface area contributed by atoms with Gasteiger partial charge in [-0.25, -0.2) is 13.5 Å². The van der Waals surface area contributed by atoms with Crippen molar-refractivity contribution in [2.45, 2.75) is 25.4 Å². The van der Waals surface area contributed by atoms with Crippen molar-refractivity contribution < 1.29 is 13.6 Å². The Morgan fingerprint density at radius 2 is 2.27 bits per heavy atom. The second-order valence-electron chi connectivity index (χ2n) is 6.46. The molecule has 1 unspecified atom stereocenters. The molecule has 140 valence electrons. The van der Waals surface area contributed by atoms with E-state index in [-0.39, 0.29) is 18.3 Å². The maximum atomic E-state index is 13.5. The number of carbonyl (C=O) groups is 1. The number of hydrogen-bond donors (Lipinski definition) is 2. The Labute approximate surface area is 150 Å². The van der Waals surface area contributed by atoms with E-state index in [9.17, 15) is 13.6 Å². The van der Waals surface area contributed by atoms with Gasteiger partial charge in [-0.3, -0.25) is 4.79 Å². The van der Waals surface area contributed by atoms with Crippen LogP contribution >= 0.6 is 0 Å². The summed E-state index contributed by atoms with van der Waals surface area (Å²) in [6, 6.07) is 7.41. The summed E-state index contributed by atoms with van der Waals surface area (Å²) in [5, 5.41) is 13.3. The van der Waals surface area contributed by atoms with Crippen molar-refractivity contribution >= 4 is 11.6 Å². The molecule has 2 heterocycles. The van der Waals surface area contributed by atoms with Gasteiger partial charge >= 0.3 is 0 Å². The average Bonchev–Trinajstić information content (AvgIpc) is 3.28. The highest BCUT2D eigenvalue weighted by molar-refractivity contribution is 5.93. The molecule has 0 aliphatic carbocycles. The lowest BCUT2D eigenvalue weighted by Gasteiger charge is -2.14. The van der Waals surface area contributed by atoms with Crippen molar-refractivity contribution in [3.8, 4) is 0 Å². The van der Waals surface area contributed by atoms with Gasteiger partial charge in [0.2, 0.25) is 0 Å². The molecule has 3 rings (SSSR count). The topological polar surface area (TPSA) is 75.1 Å². The molecule has 1 amide bonds. The van der Waals surface area contributed by atoms with E-state index in [1.165, 1.54) is 4.68 Å². The number of anilines is 1. The molecule has 1 aliphatic rings. The highest BCUT2D eigenvalue weighted by atomic mass is 19.3. The zero-order valence-corrected chi connectivity index (χ0v) is 14.7. The van der Waals surface area contributed by atoms with Gasteiger partial charge in [-0.2, -0.15) is 0 Å². The van der Waals surface area contributed by atoms with Crippen LogP contribution in [-0.4, -0.2) is 48.1 Å². The first-order valence-electron chi connectivity index (χ1n) is 8.45. The molecule has 9 heteroatoms. The Hall–Kier alpha value is -2.55. The Morgan fingerprint density at radius 1 is 1.46 bits per heavy atom. The number of alkyl halides is 2. The molecule has 1 atom stereocenters. The highest BCUT2D eigenvalue weighted by Gasteiger charge is 2.30. The molecule has 0 radical (unpaired) electrons. The van der Waals surface area contributed by atoms with Crippen molar-refractivity contribution in [2.24, 2.45) is 0 Å². The van der Waals surface area contributed by atoms with Crippen molar-refractivity contribution in [1.29, 1.82) is 0 Å². The minimum atomic E-state index is -2.82. The van der Waals surface area contributed by atoms with Crippen molar-refractivity contribution in [3.63, 3.8) is 0 Å². The van der Waals surface area contributed by atoms with Crippen LogP contribution in [0.5, 0.6) is 0 Å². The van der Waals surface area contributed by atoms with Gasteiger partial charge in [0.15, 0.2) is 5.69 Å². The third-order valence-electron chi connectivity index (χ3n) is 4.41. The van der Waals surface area contributed by atoms with Gasteiger partial charge in [-0.15, -0.1) is 5.10 Å². The van der Waals surface area contributed by atoms with E-state index in [1.807, 2.05) is 43.3 Å². The fraction of sp³-hybridized carbons (Fsp3) is 0.471. The van der Waals surface area contributed by atoms with E-state index in [1.54, 1.807) is 0 Å². The van der Waals surface area contributed by atoms with Crippen LogP contribution in [0.2, 0.25) is 0 Å². The summed E-state index contributed by atoms with van der Waals surface area (Å²) in [6.45, 7) is 1.50. The van der Waals surface area contributed by atoms with Crippen LogP contribution in [0.3, 0.4) is 0 Å². The number of rotatable bonds is 6. The van der Waals surface area contributed by atoms with E-state index in [2.05, 4.69) is 20.9 Å². The first-order chi connectivity index (χ1) is 12.5. The Balaban J connectivity index is 1.74. The molecule has 1 saturated heterocycles. The van der Waals surface area contributed by atoms with Crippen molar-refractivity contribution in [1.82, 2.24) is 25.6 Å². The summed E-state index contributed by atoms with van der Waals surface area (Å²) in [6.07, 6.45) is -2.13. The molecule has 1 aliphatic heterocycles. The second kappa shape index (κ2) is 7.77. The first-order valence-corrected chi connectivity index (χ1v) is 8.45. The number of aromatic nitrogens is 3. The zero-order chi connectivity index (χ0) is 18.7. The van der Waals surface area contributed by atoms with Crippen molar-refractivity contribution in [3.05, 3.63) is 41.2 Å². The Kier molecular flexibility index (Phi) is 5.46. The molecule has 2 N–H and O–H groups in total. The predicted molar refractivity (Wildman–Crippen MR) is 93.4 cm³/mol. The van der Waals surface area contributed by atoms with Gasteiger partial charge in [-0.1, -0.05) is 17.3 Å². The molecule has 7 nitrogen and oxygen atoms in total. The maximum Gasteiger partial charge on any atom is 0.282 e. The van der Waals surface area contributed by atoms with Crippen LogP contribution < -0.4 is 15.5 Å². The fourth-order valence-electron chi connectivity index (χ4n) is 2.99. The maximum absolute atomic E-state index is 13.5. The molecule has 0 spiro atoms. The smallest absolute Gasteiger partial charge is 0.282 e. The number of amides is 1.